The van der Waals surface area contributed by atoms with Crippen molar-refractivity contribution in [2.75, 3.05) is 20.2 Å². The lowest BCUT2D eigenvalue weighted by Gasteiger charge is -2.25. The topological polar surface area (TPSA) is 95.9 Å². The Morgan fingerprint density at radius 1 is 1.48 bits per heavy atom. The second kappa shape index (κ2) is 7.33. The Bertz CT molecular complexity index is 665. The molecular formula is C14H21BN2O5S. The first-order valence-corrected chi connectivity index (χ1v) is 8.95. The van der Waals surface area contributed by atoms with Crippen molar-refractivity contribution < 1.29 is 23.0 Å². The summed E-state index contributed by atoms with van der Waals surface area (Å²) in [5.74, 6) is -0.374. The maximum absolute atomic E-state index is 12.3. The minimum Gasteiger partial charge on any atom is -0.495 e. The Balaban J connectivity index is 2.06. The Morgan fingerprint density at radius 2 is 2.17 bits per heavy atom. The molecule has 1 aromatic carbocycles. The third-order valence-corrected chi connectivity index (χ3v) is 5.39. The predicted octanol–water partition coefficient (Wildman–Crippen LogP) is 0.117. The van der Waals surface area contributed by atoms with E-state index in [1.54, 1.807) is 25.0 Å². The van der Waals surface area contributed by atoms with E-state index >= 15 is 0 Å². The number of carbonyl (C=O) groups is 1. The van der Waals surface area contributed by atoms with Crippen LogP contribution in [0.25, 0.3) is 0 Å². The van der Waals surface area contributed by atoms with Crippen molar-refractivity contribution in [3.05, 3.63) is 24.3 Å². The normalized spacial score (nSPS) is 18.0. The number of para-hydroxylation sites is 1. The summed E-state index contributed by atoms with van der Waals surface area (Å²) in [5.41, 5.74) is 0. The van der Waals surface area contributed by atoms with Gasteiger partial charge in [0, 0.05) is 12.5 Å². The molecule has 2 rings (SSSR count). The molecule has 1 heterocycles. The predicted molar refractivity (Wildman–Crippen MR) is 86.8 cm³/mol. The van der Waals surface area contributed by atoms with Gasteiger partial charge in [-0.2, -0.15) is 0 Å². The highest BCUT2D eigenvalue weighted by molar-refractivity contribution is 7.89. The van der Waals surface area contributed by atoms with Crippen LogP contribution in [0.4, 0.5) is 0 Å². The molecule has 0 radical (unpaired) electrons. The fourth-order valence-electron chi connectivity index (χ4n) is 2.78. The first-order chi connectivity index (χ1) is 10.9. The molecule has 0 bridgehead atoms. The Morgan fingerprint density at radius 3 is 2.83 bits per heavy atom. The van der Waals surface area contributed by atoms with Gasteiger partial charge < -0.3 is 14.7 Å². The van der Waals surface area contributed by atoms with Crippen LogP contribution in [-0.2, 0) is 14.8 Å². The van der Waals surface area contributed by atoms with Crippen molar-refractivity contribution in [1.82, 2.24) is 9.62 Å². The highest BCUT2D eigenvalue weighted by atomic mass is 32.2. The van der Waals surface area contributed by atoms with Gasteiger partial charge in [0.05, 0.1) is 13.7 Å². The van der Waals surface area contributed by atoms with Crippen LogP contribution in [-0.4, -0.2) is 57.3 Å². The van der Waals surface area contributed by atoms with Gasteiger partial charge in [0.25, 0.3) is 0 Å². The van der Waals surface area contributed by atoms with E-state index in [4.69, 9.17) is 4.74 Å². The summed E-state index contributed by atoms with van der Waals surface area (Å²) in [6.45, 7) is 1.19. The van der Waals surface area contributed by atoms with Crippen LogP contribution in [0.2, 0.25) is 6.82 Å². The summed E-state index contributed by atoms with van der Waals surface area (Å²) in [6, 6.07) is 6.21. The van der Waals surface area contributed by atoms with Crippen LogP contribution in [0, 0.1) is 0 Å². The van der Waals surface area contributed by atoms with Crippen molar-refractivity contribution in [1.29, 1.82) is 0 Å². The zero-order valence-electron chi connectivity index (χ0n) is 13.2. The molecule has 1 amide bonds. The number of benzene rings is 1. The van der Waals surface area contributed by atoms with Gasteiger partial charge in [-0.15, -0.1) is 0 Å². The quantitative estimate of drug-likeness (QED) is 0.717. The fourth-order valence-corrected chi connectivity index (χ4v) is 3.92. The molecule has 0 aromatic heterocycles. The highest BCUT2D eigenvalue weighted by Gasteiger charge is 2.34. The number of methoxy groups -OCH3 is 1. The molecule has 0 saturated carbocycles. The molecule has 1 fully saturated rings. The maximum Gasteiger partial charge on any atom is 0.309 e. The van der Waals surface area contributed by atoms with Crippen molar-refractivity contribution >= 4 is 22.8 Å². The van der Waals surface area contributed by atoms with Crippen LogP contribution in [0.1, 0.15) is 12.8 Å². The average Bonchev–Trinajstić information content (AvgIpc) is 3.02. The molecular weight excluding hydrogens is 319 g/mol. The van der Waals surface area contributed by atoms with Crippen LogP contribution in [0.15, 0.2) is 29.2 Å². The summed E-state index contributed by atoms with van der Waals surface area (Å²) >= 11 is 0. The molecule has 1 saturated heterocycles. The minimum absolute atomic E-state index is 0.0104. The molecule has 1 atom stereocenters. The van der Waals surface area contributed by atoms with E-state index in [1.165, 1.54) is 18.1 Å². The van der Waals surface area contributed by atoms with Crippen LogP contribution < -0.4 is 9.46 Å². The molecule has 1 aliphatic rings. The van der Waals surface area contributed by atoms with Crippen molar-refractivity contribution in [2.45, 2.75) is 30.5 Å². The minimum atomic E-state index is -3.85. The van der Waals surface area contributed by atoms with E-state index in [9.17, 15) is 18.2 Å². The monoisotopic (exact) mass is 340 g/mol. The molecule has 126 valence electrons. The Hall–Kier alpha value is -1.58. The van der Waals surface area contributed by atoms with Crippen molar-refractivity contribution in [3.63, 3.8) is 0 Å². The highest BCUT2D eigenvalue weighted by Crippen LogP contribution is 2.23. The molecule has 1 unspecified atom stereocenters. The van der Waals surface area contributed by atoms with Gasteiger partial charge >= 0.3 is 6.92 Å². The first-order valence-electron chi connectivity index (χ1n) is 7.47. The van der Waals surface area contributed by atoms with Crippen LogP contribution in [0.5, 0.6) is 5.75 Å². The molecule has 1 aromatic rings. The molecule has 0 spiro atoms. The number of sulfonamides is 1. The zero-order valence-corrected chi connectivity index (χ0v) is 14.0. The van der Waals surface area contributed by atoms with Crippen LogP contribution >= 0.6 is 0 Å². The lowest BCUT2D eigenvalue weighted by molar-refractivity contribution is -0.129. The fraction of sp³-hybridized carbons (Fsp3) is 0.500. The van der Waals surface area contributed by atoms with Gasteiger partial charge in [0.1, 0.15) is 10.6 Å². The summed E-state index contributed by atoms with van der Waals surface area (Å²) < 4.78 is 32.0. The number of carbonyl (C=O) groups excluding carboxylic acids is 1. The standard InChI is InChI=1S/C14H21BN2O5S/c1-15(19)13-8-5-9-17(13)14(18)10-16-23(20,21)12-7-4-3-6-11(12)22-2/h3-4,6-7,13,16,19H,5,8-10H2,1-2H3. The number of amides is 1. The number of rotatable bonds is 6. The van der Waals surface area contributed by atoms with Crippen molar-refractivity contribution in [3.8, 4) is 5.75 Å². The SMILES string of the molecule is COc1ccccc1S(=O)(=O)NCC(=O)N1CCCC1B(C)O. The molecule has 2 N–H and O–H groups in total. The Labute approximate surface area is 136 Å². The number of nitrogens with zero attached hydrogens (tertiary/aromatic N) is 1. The van der Waals surface area contributed by atoms with E-state index in [0.717, 1.165) is 12.8 Å². The van der Waals surface area contributed by atoms with E-state index in [0.29, 0.717) is 6.54 Å². The third-order valence-electron chi connectivity index (χ3n) is 3.95. The summed E-state index contributed by atoms with van der Waals surface area (Å²) in [7, 11) is -2.46. The second-order valence-corrected chi connectivity index (χ2v) is 7.25. The number of ether oxygens (including phenoxy) is 1. The smallest absolute Gasteiger partial charge is 0.309 e. The van der Waals surface area contributed by atoms with E-state index < -0.39 is 16.9 Å². The second-order valence-electron chi connectivity index (χ2n) is 5.51. The van der Waals surface area contributed by atoms with E-state index in [2.05, 4.69) is 4.72 Å². The largest absolute Gasteiger partial charge is 0.495 e. The van der Waals surface area contributed by atoms with Crippen LogP contribution in [0.3, 0.4) is 0 Å². The first kappa shape index (κ1) is 17.8. The zero-order chi connectivity index (χ0) is 17.0. The lowest BCUT2D eigenvalue weighted by atomic mass is 9.62. The summed E-state index contributed by atoms with van der Waals surface area (Å²) in [4.78, 5) is 13.8. The number of hydrogen-bond acceptors (Lipinski definition) is 5. The molecule has 9 heteroatoms. The molecule has 1 aliphatic heterocycles. The van der Waals surface area contributed by atoms with Crippen molar-refractivity contribution in [2.24, 2.45) is 0 Å². The van der Waals surface area contributed by atoms with Gasteiger partial charge in [0.15, 0.2) is 0 Å². The summed E-state index contributed by atoms with van der Waals surface area (Å²) in [6.07, 6.45) is 1.53. The average molecular weight is 340 g/mol. The lowest BCUT2D eigenvalue weighted by Crippen LogP contribution is -2.47. The number of hydrogen-bond donors (Lipinski definition) is 2. The van der Waals surface area contributed by atoms with Gasteiger partial charge in [0.2, 0.25) is 15.9 Å². The maximum atomic E-state index is 12.3. The van der Waals surface area contributed by atoms with Gasteiger partial charge in [-0.25, -0.2) is 13.1 Å². The van der Waals surface area contributed by atoms with E-state index in [1.807, 2.05) is 0 Å². The number of nitrogens with one attached hydrogen (secondary N) is 1. The molecule has 23 heavy (non-hydrogen) atoms. The third kappa shape index (κ3) is 4.04. The molecule has 7 nitrogen and oxygen atoms in total. The Kier molecular flexibility index (Phi) is 5.66. The summed E-state index contributed by atoms with van der Waals surface area (Å²) in [5, 5.41) is 9.70. The van der Waals surface area contributed by atoms with Gasteiger partial charge in [-0.1, -0.05) is 19.0 Å². The molecule has 0 aliphatic carbocycles. The van der Waals surface area contributed by atoms with Gasteiger partial charge in [-0.3, -0.25) is 4.79 Å². The number of likely N-dealkylation sites (tertiary alicyclic amines) is 1. The van der Waals surface area contributed by atoms with Gasteiger partial charge in [-0.05, 0) is 25.0 Å². The van der Waals surface area contributed by atoms with E-state index in [-0.39, 0.29) is 29.0 Å².